The Morgan fingerprint density at radius 1 is 1.18 bits per heavy atom. The molecule has 0 bridgehead atoms. The first-order valence-electron chi connectivity index (χ1n) is 7.27. The molecule has 122 valence electrons. The van der Waals surface area contributed by atoms with Crippen LogP contribution in [0.1, 0.15) is 33.3 Å². The van der Waals surface area contributed by atoms with Crippen LogP contribution in [0, 0.1) is 0 Å². The number of alkyl carbamates (subject to hydrolysis) is 1. The third kappa shape index (κ3) is 7.08. The molecule has 1 rings (SSSR count). The summed E-state index contributed by atoms with van der Waals surface area (Å²) in [5.74, 6) is -0.353. The number of amides is 2. The van der Waals surface area contributed by atoms with E-state index in [-0.39, 0.29) is 5.91 Å². The standard InChI is InChI=1S/C16H25N3O3/c1-11(18-15(21)22-16(2,3)4)14(20)19-13(17)10-12-8-6-5-7-9-12/h5-9,11,13H,10,17H2,1-4H3,(H,18,21)(H,19,20). The fraction of sp³-hybridized carbons (Fsp3) is 0.500. The summed E-state index contributed by atoms with van der Waals surface area (Å²) in [5.41, 5.74) is 6.32. The van der Waals surface area contributed by atoms with Crippen molar-refractivity contribution >= 4 is 12.0 Å². The number of ether oxygens (including phenoxy) is 1. The van der Waals surface area contributed by atoms with Crippen molar-refractivity contribution in [3.8, 4) is 0 Å². The number of nitrogens with two attached hydrogens (primary N) is 1. The molecule has 0 saturated carbocycles. The summed E-state index contributed by atoms with van der Waals surface area (Å²) >= 11 is 0. The van der Waals surface area contributed by atoms with Gasteiger partial charge in [0.2, 0.25) is 5.91 Å². The zero-order chi connectivity index (χ0) is 16.8. The SMILES string of the molecule is CC(NC(=O)OC(C)(C)C)C(=O)NC(N)Cc1ccccc1. The summed E-state index contributed by atoms with van der Waals surface area (Å²) in [4.78, 5) is 23.6. The van der Waals surface area contributed by atoms with E-state index in [1.165, 1.54) is 0 Å². The molecule has 0 aliphatic heterocycles. The van der Waals surface area contributed by atoms with Gasteiger partial charge in [0.1, 0.15) is 11.6 Å². The second kappa shape index (κ2) is 7.79. The van der Waals surface area contributed by atoms with Gasteiger partial charge in [0, 0.05) is 6.42 Å². The molecule has 1 aromatic rings. The minimum Gasteiger partial charge on any atom is -0.444 e. The van der Waals surface area contributed by atoms with Crippen LogP contribution in [0.2, 0.25) is 0 Å². The van der Waals surface area contributed by atoms with Crippen molar-refractivity contribution in [3.63, 3.8) is 0 Å². The molecule has 0 aliphatic rings. The molecular weight excluding hydrogens is 282 g/mol. The topological polar surface area (TPSA) is 93.4 Å². The Morgan fingerprint density at radius 2 is 1.77 bits per heavy atom. The molecule has 2 atom stereocenters. The zero-order valence-electron chi connectivity index (χ0n) is 13.6. The highest BCUT2D eigenvalue weighted by atomic mass is 16.6. The molecule has 6 heteroatoms. The molecule has 2 unspecified atom stereocenters. The molecule has 0 fully saturated rings. The van der Waals surface area contributed by atoms with Crippen LogP contribution in [-0.2, 0) is 16.0 Å². The van der Waals surface area contributed by atoms with Gasteiger partial charge in [0.05, 0.1) is 6.17 Å². The van der Waals surface area contributed by atoms with E-state index in [1.807, 2.05) is 30.3 Å². The lowest BCUT2D eigenvalue weighted by Crippen LogP contribution is -2.52. The molecule has 0 heterocycles. The van der Waals surface area contributed by atoms with Crippen molar-refractivity contribution in [2.75, 3.05) is 0 Å². The van der Waals surface area contributed by atoms with Crippen molar-refractivity contribution in [2.24, 2.45) is 5.73 Å². The predicted molar refractivity (Wildman–Crippen MR) is 85.1 cm³/mol. The van der Waals surface area contributed by atoms with E-state index in [1.54, 1.807) is 27.7 Å². The maximum Gasteiger partial charge on any atom is 0.408 e. The van der Waals surface area contributed by atoms with Crippen LogP contribution in [0.25, 0.3) is 0 Å². The van der Waals surface area contributed by atoms with Crippen molar-refractivity contribution < 1.29 is 14.3 Å². The van der Waals surface area contributed by atoms with E-state index < -0.39 is 23.9 Å². The minimum atomic E-state index is -0.725. The molecule has 0 radical (unpaired) electrons. The van der Waals surface area contributed by atoms with Gasteiger partial charge < -0.3 is 21.1 Å². The van der Waals surface area contributed by atoms with Crippen molar-refractivity contribution in [1.29, 1.82) is 0 Å². The summed E-state index contributed by atoms with van der Waals surface area (Å²) in [7, 11) is 0. The Hall–Kier alpha value is -2.08. The normalized spacial score (nSPS) is 13.9. The maximum atomic E-state index is 12.0. The van der Waals surface area contributed by atoms with Crippen molar-refractivity contribution in [1.82, 2.24) is 10.6 Å². The highest BCUT2D eigenvalue weighted by Gasteiger charge is 2.21. The average molecular weight is 307 g/mol. The molecular formula is C16H25N3O3. The Bertz CT molecular complexity index is 497. The molecule has 22 heavy (non-hydrogen) atoms. The molecule has 0 spiro atoms. The third-order valence-electron chi connectivity index (χ3n) is 2.75. The molecule has 1 aromatic carbocycles. The summed E-state index contributed by atoms with van der Waals surface area (Å²) in [6, 6.07) is 8.90. The maximum absolute atomic E-state index is 12.0. The molecule has 2 amide bonds. The van der Waals surface area contributed by atoms with E-state index in [2.05, 4.69) is 10.6 Å². The molecule has 0 saturated heterocycles. The fourth-order valence-corrected chi connectivity index (χ4v) is 1.78. The average Bonchev–Trinajstić information content (AvgIpc) is 2.37. The zero-order valence-corrected chi connectivity index (χ0v) is 13.6. The van der Waals surface area contributed by atoms with Crippen LogP contribution >= 0.6 is 0 Å². The lowest BCUT2D eigenvalue weighted by atomic mass is 10.1. The summed E-state index contributed by atoms with van der Waals surface area (Å²) in [5, 5.41) is 5.14. The summed E-state index contributed by atoms with van der Waals surface area (Å²) < 4.78 is 5.10. The van der Waals surface area contributed by atoms with Gasteiger partial charge in [-0.15, -0.1) is 0 Å². The Labute approximate surface area is 131 Å². The lowest BCUT2D eigenvalue weighted by Gasteiger charge is -2.22. The number of rotatable bonds is 5. The van der Waals surface area contributed by atoms with E-state index in [4.69, 9.17) is 10.5 Å². The predicted octanol–water partition coefficient (Wildman–Crippen LogP) is 1.54. The summed E-state index contributed by atoms with van der Waals surface area (Å²) in [6.07, 6.45) is -0.629. The largest absolute Gasteiger partial charge is 0.444 e. The number of carbonyl (C=O) groups is 2. The van der Waals surface area contributed by atoms with E-state index in [9.17, 15) is 9.59 Å². The molecule has 0 aromatic heterocycles. The summed E-state index contributed by atoms with van der Waals surface area (Å²) in [6.45, 7) is 6.85. The van der Waals surface area contributed by atoms with Crippen LogP contribution in [0.5, 0.6) is 0 Å². The second-order valence-electron chi connectivity index (χ2n) is 6.17. The van der Waals surface area contributed by atoms with Crippen LogP contribution in [0.15, 0.2) is 30.3 Å². The third-order valence-corrected chi connectivity index (χ3v) is 2.75. The first kappa shape index (κ1) is 18.0. The van der Waals surface area contributed by atoms with E-state index in [0.29, 0.717) is 6.42 Å². The van der Waals surface area contributed by atoms with E-state index in [0.717, 1.165) is 5.56 Å². The fourth-order valence-electron chi connectivity index (χ4n) is 1.78. The number of nitrogens with one attached hydrogen (secondary N) is 2. The van der Waals surface area contributed by atoms with Crippen LogP contribution in [-0.4, -0.2) is 29.8 Å². The van der Waals surface area contributed by atoms with Gasteiger partial charge in [-0.25, -0.2) is 4.79 Å². The molecule has 0 aliphatic carbocycles. The Balaban J connectivity index is 2.42. The van der Waals surface area contributed by atoms with Gasteiger partial charge in [-0.3, -0.25) is 4.79 Å². The first-order valence-corrected chi connectivity index (χ1v) is 7.27. The van der Waals surface area contributed by atoms with Crippen LogP contribution in [0.3, 0.4) is 0 Å². The second-order valence-corrected chi connectivity index (χ2v) is 6.17. The van der Waals surface area contributed by atoms with Crippen LogP contribution < -0.4 is 16.4 Å². The van der Waals surface area contributed by atoms with Gasteiger partial charge in [-0.2, -0.15) is 0 Å². The van der Waals surface area contributed by atoms with Crippen LogP contribution in [0.4, 0.5) is 4.79 Å². The van der Waals surface area contributed by atoms with Gasteiger partial charge in [0.25, 0.3) is 0 Å². The number of benzene rings is 1. The first-order chi connectivity index (χ1) is 10.2. The quantitative estimate of drug-likeness (QED) is 0.719. The number of hydrogen-bond donors (Lipinski definition) is 3. The Morgan fingerprint density at radius 3 is 2.32 bits per heavy atom. The minimum absolute atomic E-state index is 0.353. The van der Waals surface area contributed by atoms with E-state index >= 15 is 0 Å². The van der Waals surface area contributed by atoms with Gasteiger partial charge in [-0.05, 0) is 33.3 Å². The lowest BCUT2D eigenvalue weighted by molar-refractivity contribution is -0.123. The highest BCUT2D eigenvalue weighted by Crippen LogP contribution is 2.06. The number of hydrogen-bond acceptors (Lipinski definition) is 4. The highest BCUT2D eigenvalue weighted by molar-refractivity contribution is 5.85. The monoisotopic (exact) mass is 307 g/mol. The molecule has 6 nitrogen and oxygen atoms in total. The smallest absolute Gasteiger partial charge is 0.408 e. The van der Waals surface area contributed by atoms with Gasteiger partial charge in [0.15, 0.2) is 0 Å². The van der Waals surface area contributed by atoms with Crippen molar-refractivity contribution in [3.05, 3.63) is 35.9 Å². The molecule has 4 N–H and O–H groups in total. The number of carbonyl (C=O) groups excluding carboxylic acids is 2. The van der Waals surface area contributed by atoms with Gasteiger partial charge in [-0.1, -0.05) is 30.3 Å². The van der Waals surface area contributed by atoms with Crippen molar-refractivity contribution in [2.45, 2.75) is 51.9 Å². The Kier molecular flexibility index (Phi) is 6.37. The van der Waals surface area contributed by atoms with Gasteiger partial charge >= 0.3 is 6.09 Å².